The first kappa shape index (κ1) is 23.8. The Morgan fingerprint density at radius 2 is 1.54 bits per heavy atom. The summed E-state index contributed by atoms with van der Waals surface area (Å²) in [6.45, 7) is 2.22. The van der Waals surface area contributed by atoms with Crippen LogP contribution >= 0.6 is 0 Å². The molecule has 1 aliphatic heterocycles. The molecule has 1 unspecified atom stereocenters. The van der Waals surface area contributed by atoms with E-state index in [4.69, 9.17) is 9.47 Å². The van der Waals surface area contributed by atoms with Crippen molar-refractivity contribution in [1.29, 1.82) is 0 Å². The zero-order valence-corrected chi connectivity index (χ0v) is 19.4. The van der Waals surface area contributed by atoms with Crippen molar-refractivity contribution in [2.24, 2.45) is 0 Å². The molecule has 4 rings (SSSR count). The van der Waals surface area contributed by atoms with Gasteiger partial charge in [0, 0.05) is 11.3 Å². The first-order valence-corrected chi connectivity index (χ1v) is 11.2. The Morgan fingerprint density at radius 3 is 2.14 bits per heavy atom. The van der Waals surface area contributed by atoms with Gasteiger partial charge in [0.2, 0.25) is 0 Å². The van der Waals surface area contributed by atoms with Crippen LogP contribution in [0.2, 0.25) is 0 Å². The van der Waals surface area contributed by atoms with Gasteiger partial charge in [-0.1, -0.05) is 37.3 Å². The Hall–Kier alpha value is -4.39. The van der Waals surface area contributed by atoms with E-state index in [9.17, 15) is 19.5 Å². The molecular weight excluding hydrogens is 446 g/mol. The number of carbonyl (C=O) groups is 3. The van der Waals surface area contributed by atoms with E-state index >= 15 is 0 Å². The SMILES string of the molecule is CCCOC(=O)c1ccc(N2C(=O)C(=O)/C(=C(/O)c3ccc(OC)cc3)C2c2ccccc2)cc1. The van der Waals surface area contributed by atoms with Gasteiger partial charge in [-0.2, -0.15) is 0 Å². The topological polar surface area (TPSA) is 93.1 Å². The fraction of sp³-hybridized carbons (Fsp3) is 0.179. The molecular formula is C28H25NO6. The van der Waals surface area contributed by atoms with Crippen LogP contribution in [0.1, 0.15) is 40.9 Å². The lowest BCUT2D eigenvalue weighted by Gasteiger charge is -2.25. The molecule has 0 aromatic heterocycles. The van der Waals surface area contributed by atoms with Gasteiger partial charge in [-0.25, -0.2) is 4.79 Å². The van der Waals surface area contributed by atoms with E-state index in [1.165, 1.54) is 12.0 Å². The quantitative estimate of drug-likeness (QED) is 0.228. The van der Waals surface area contributed by atoms with E-state index in [0.717, 1.165) is 0 Å². The number of aliphatic hydroxyl groups is 1. The van der Waals surface area contributed by atoms with Crippen LogP contribution in [0.4, 0.5) is 5.69 Å². The number of nitrogens with zero attached hydrogens (tertiary/aromatic N) is 1. The third kappa shape index (κ3) is 4.66. The minimum atomic E-state index is -0.851. The van der Waals surface area contributed by atoms with E-state index in [1.54, 1.807) is 72.8 Å². The molecule has 0 aliphatic carbocycles. The normalized spacial score (nSPS) is 16.9. The standard InChI is InChI=1S/C28H25NO6/c1-3-17-35-28(33)20-9-13-21(14-10-20)29-24(18-7-5-4-6-8-18)23(26(31)27(29)32)25(30)19-11-15-22(34-2)16-12-19/h4-16,24,30H,3,17H2,1-2H3/b25-23+. The van der Waals surface area contributed by atoms with Gasteiger partial charge in [0.25, 0.3) is 11.7 Å². The van der Waals surface area contributed by atoms with Crippen LogP contribution < -0.4 is 9.64 Å². The second-order valence-electron chi connectivity index (χ2n) is 7.99. The van der Waals surface area contributed by atoms with Crippen LogP contribution in [0, 0.1) is 0 Å². The lowest BCUT2D eigenvalue weighted by atomic mass is 9.95. The average molecular weight is 472 g/mol. The molecule has 0 saturated carbocycles. The summed E-state index contributed by atoms with van der Waals surface area (Å²) >= 11 is 0. The summed E-state index contributed by atoms with van der Waals surface area (Å²) in [7, 11) is 1.53. The molecule has 35 heavy (non-hydrogen) atoms. The maximum absolute atomic E-state index is 13.2. The van der Waals surface area contributed by atoms with Crippen molar-refractivity contribution in [3.63, 3.8) is 0 Å². The minimum Gasteiger partial charge on any atom is -0.507 e. The smallest absolute Gasteiger partial charge is 0.338 e. The highest BCUT2D eigenvalue weighted by Gasteiger charge is 2.46. The number of ketones is 1. The lowest BCUT2D eigenvalue weighted by Crippen LogP contribution is -2.29. The van der Waals surface area contributed by atoms with E-state index in [1.807, 2.05) is 13.0 Å². The zero-order chi connectivity index (χ0) is 24.9. The summed E-state index contributed by atoms with van der Waals surface area (Å²) in [5.74, 6) is -1.70. The Balaban J connectivity index is 1.79. The number of hydrogen-bond acceptors (Lipinski definition) is 6. The molecule has 1 amide bonds. The van der Waals surface area contributed by atoms with Crippen LogP contribution in [0.15, 0.2) is 84.4 Å². The minimum absolute atomic E-state index is 0.0159. The maximum Gasteiger partial charge on any atom is 0.338 e. The fourth-order valence-corrected chi connectivity index (χ4v) is 3.99. The number of amides is 1. The molecule has 0 spiro atoms. The summed E-state index contributed by atoms with van der Waals surface area (Å²) in [5.41, 5.74) is 1.79. The van der Waals surface area contributed by atoms with Crippen molar-refractivity contribution in [2.75, 3.05) is 18.6 Å². The van der Waals surface area contributed by atoms with Crippen LogP contribution in [0.5, 0.6) is 5.75 Å². The van der Waals surface area contributed by atoms with Crippen molar-refractivity contribution in [2.45, 2.75) is 19.4 Å². The Kier molecular flexibility index (Phi) is 6.96. The highest BCUT2D eigenvalue weighted by Crippen LogP contribution is 2.42. The van der Waals surface area contributed by atoms with Gasteiger partial charge in [0.1, 0.15) is 11.5 Å². The van der Waals surface area contributed by atoms with Crippen LogP contribution in [0.3, 0.4) is 0 Å². The number of anilines is 1. The lowest BCUT2D eigenvalue weighted by molar-refractivity contribution is -0.132. The van der Waals surface area contributed by atoms with Gasteiger partial charge in [-0.05, 0) is 60.5 Å². The van der Waals surface area contributed by atoms with Gasteiger partial charge >= 0.3 is 5.97 Å². The molecule has 7 nitrogen and oxygen atoms in total. The number of aliphatic hydroxyl groups excluding tert-OH is 1. The number of ether oxygens (including phenoxy) is 2. The van der Waals surface area contributed by atoms with Crippen molar-refractivity contribution in [1.82, 2.24) is 0 Å². The number of carbonyl (C=O) groups excluding carboxylic acids is 3. The molecule has 3 aromatic rings. The van der Waals surface area contributed by atoms with Gasteiger partial charge < -0.3 is 14.6 Å². The summed E-state index contributed by atoms with van der Waals surface area (Å²) in [5, 5.41) is 11.1. The molecule has 1 saturated heterocycles. The molecule has 1 aliphatic rings. The highest BCUT2D eigenvalue weighted by molar-refractivity contribution is 6.51. The van der Waals surface area contributed by atoms with Gasteiger partial charge in [0.15, 0.2) is 0 Å². The molecule has 1 N–H and O–H groups in total. The van der Waals surface area contributed by atoms with Gasteiger partial charge in [-0.15, -0.1) is 0 Å². The van der Waals surface area contributed by atoms with E-state index < -0.39 is 23.7 Å². The first-order valence-electron chi connectivity index (χ1n) is 11.2. The van der Waals surface area contributed by atoms with Crippen molar-refractivity contribution in [3.05, 3.63) is 101 Å². The second-order valence-corrected chi connectivity index (χ2v) is 7.99. The molecule has 1 heterocycles. The Morgan fingerprint density at radius 1 is 0.914 bits per heavy atom. The average Bonchev–Trinajstić information content (AvgIpc) is 3.17. The van der Waals surface area contributed by atoms with Crippen molar-refractivity contribution in [3.8, 4) is 5.75 Å². The third-order valence-electron chi connectivity index (χ3n) is 5.74. The summed E-state index contributed by atoms with van der Waals surface area (Å²) in [4.78, 5) is 39.9. The van der Waals surface area contributed by atoms with Crippen LogP contribution in [-0.2, 0) is 14.3 Å². The molecule has 7 heteroatoms. The summed E-state index contributed by atoms with van der Waals surface area (Å²) in [6.07, 6.45) is 0.708. The van der Waals surface area contributed by atoms with Crippen molar-refractivity contribution < 1.29 is 29.0 Å². The fourth-order valence-electron chi connectivity index (χ4n) is 3.99. The predicted octanol–water partition coefficient (Wildman–Crippen LogP) is 4.89. The number of methoxy groups -OCH3 is 1. The molecule has 1 atom stereocenters. The predicted molar refractivity (Wildman–Crippen MR) is 131 cm³/mol. The largest absolute Gasteiger partial charge is 0.507 e. The van der Waals surface area contributed by atoms with Gasteiger partial charge in [-0.3, -0.25) is 14.5 Å². The number of Topliss-reactive ketones (excluding diaryl/α,β-unsaturated/α-hetero) is 1. The zero-order valence-electron chi connectivity index (χ0n) is 19.4. The van der Waals surface area contributed by atoms with Crippen LogP contribution in [0.25, 0.3) is 5.76 Å². The maximum atomic E-state index is 13.2. The number of hydrogen-bond donors (Lipinski definition) is 1. The number of esters is 1. The molecule has 178 valence electrons. The Labute approximate surface area is 203 Å². The number of benzene rings is 3. The molecule has 1 fully saturated rings. The van der Waals surface area contributed by atoms with E-state index in [0.29, 0.717) is 41.2 Å². The summed E-state index contributed by atoms with van der Waals surface area (Å²) < 4.78 is 10.3. The van der Waals surface area contributed by atoms with Crippen LogP contribution in [-0.4, -0.2) is 36.5 Å². The van der Waals surface area contributed by atoms with E-state index in [2.05, 4.69) is 0 Å². The monoisotopic (exact) mass is 471 g/mol. The first-order chi connectivity index (χ1) is 17.0. The van der Waals surface area contributed by atoms with Crippen molar-refractivity contribution >= 4 is 29.1 Å². The molecule has 0 bridgehead atoms. The molecule has 3 aromatic carbocycles. The third-order valence-corrected chi connectivity index (χ3v) is 5.74. The Bertz CT molecular complexity index is 1260. The van der Waals surface area contributed by atoms with Gasteiger partial charge in [0.05, 0.1) is 30.9 Å². The summed E-state index contributed by atoms with van der Waals surface area (Å²) in [6, 6.07) is 21.0. The van der Waals surface area contributed by atoms with E-state index in [-0.39, 0.29) is 11.3 Å². The number of rotatable bonds is 7. The molecule has 0 radical (unpaired) electrons. The second kappa shape index (κ2) is 10.3. The highest BCUT2D eigenvalue weighted by atomic mass is 16.5.